The van der Waals surface area contributed by atoms with Gasteiger partial charge in [0.25, 0.3) is 0 Å². The Balaban J connectivity index is 2.67. The smallest absolute Gasteiger partial charge is 0.404 e. The predicted molar refractivity (Wildman–Crippen MR) is 102 cm³/mol. The summed E-state index contributed by atoms with van der Waals surface area (Å²) in [5.41, 5.74) is 0.203. The molecule has 1 aromatic rings. The third-order valence-electron chi connectivity index (χ3n) is 4.59. The van der Waals surface area contributed by atoms with Crippen molar-refractivity contribution in [3.63, 3.8) is 0 Å². The van der Waals surface area contributed by atoms with Gasteiger partial charge in [-0.3, -0.25) is 0 Å². The van der Waals surface area contributed by atoms with Crippen LogP contribution in [0.4, 0.5) is 13.6 Å². The van der Waals surface area contributed by atoms with Crippen LogP contribution < -0.4 is 10.6 Å². The van der Waals surface area contributed by atoms with Crippen molar-refractivity contribution in [1.82, 2.24) is 10.6 Å². The van der Waals surface area contributed by atoms with Gasteiger partial charge in [-0.1, -0.05) is 32.8 Å². The fourth-order valence-electron chi connectivity index (χ4n) is 2.93. The largest absolute Gasteiger partial charge is 0.465 e. The Bertz CT molecular complexity index is 609. The zero-order chi connectivity index (χ0) is 20.6. The highest BCUT2D eigenvalue weighted by Crippen LogP contribution is 2.17. The Labute approximate surface area is 160 Å². The molecule has 1 rings (SSSR count). The maximum absolute atomic E-state index is 13.4. The molecule has 0 heterocycles. The molecule has 7 heteroatoms. The molecule has 2 atom stereocenters. The second-order valence-electron chi connectivity index (χ2n) is 8.13. The van der Waals surface area contributed by atoms with Crippen LogP contribution in [0.15, 0.2) is 18.2 Å². The van der Waals surface area contributed by atoms with E-state index in [1.54, 1.807) is 0 Å². The number of benzene rings is 1. The summed E-state index contributed by atoms with van der Waals surface area (Å²) in [4.78, 5) is 11.1. The van der Waals surface area contributed by atoms with E-state index in [4.69, 9.17) is 5.11 Å². The number of carbonyl (C=O) groups is 1. The van der Waals surface area contributed by atoms with E-state index < -0.39 is 29.9 Å². The van der Waals surface area contributed by atoms with Crippen molar-refractivity contribution in [2.75, 3.05) is 6.54 Å². The molecular formula is C20H32F2N2O3. The molecule has 0 fully saturated rings. The second-order valence-corrected chi connectivity index (χ2v) is 8.13. The molecule has 0 saturated heterocycles. The van der Waals surface area contributed by atoms with Gasteiger partial charge in [-0.05, 0) is 50.3 Å². The van der Waals surface area contributed by atoms with Gasteiger partial charge >= 0.3 is 6.09 Å². The molecule has 0 spiro atoms. The summed E-state index contributed by atoms with van der Waals surface area (Å²) >= 11 is 0. The molecule has 1 amide bonds. The van der Waals surface area contributed by atoms with Gasteiger partial charge in [0.1, 0.15) is 0 Å². The van der Waals surface area contributed by atoms with E-state index in [1.807, 2.05) is 13.8 Å². The Kier molecular flexibility index (Phi) is 9.12. The summed E-state index contributed by atoms with van der Waals surface area (Å²) in [6, 6.07) is 2.55. The number of nitrogens with one attached hydrogen (secondary N) is 2. The van der Waals surface area contributed by atoms with Gasteiger partial charge < -0.3 is 20.8 Å². The fraction of sp³-hybridized carbons (Fsp3) is 0.650. The lowest BCUT2D eigenvalue weighted by molar-refractivity contribution is 0.109. The van der Waals surface area contributed by atoms with Crippen LogP contribution in [0.1, 0.15) is 52.5 Å². The SMILES string of the molecule is CC(C)CCCC(C)(C)NC[C@@H](O)[C@H](Cc1ccc(F)c(F)c1)NC(=O)O. The first-order chi connectivity index (χ1) is 12.5. The normalized spacial score (nSPS) is 14.2. The highest BCUT2D eigenvalue weighted by molar-refractivity contribution is 5.65. The molecule has 27 heavy (non-hydrogen) atoms. The topological polar surface area (TPSA) is 81.6 Å². The first kappa shape index (κ1) is 23.3. The molecule has 0 aliphatic heterocycles. The quantitative estimate of drug-likeness (QED) is 0.467. The second kappa shape index (κ2) is 10.6. The number of rotatable bonds is 11. The van der Waals surface area contributed by atoms with Crippen LogP contribution in [0, 0.1) is 17.6 Å². The fourth-order valence-corrected chi connectivity index (χ4v) is 2.93. The first-order valence-electron chi connectivity index (χ1n) is 9.36. The maximum atomic E-state index is 13.4. The summed E-state index contributed by atoms with van der Waals surface area (Å²) in [5.74, 6) is -1.33. The zero-order valence-corrected chi connectivity index (χ0v) is 16.6. The van der Waals surface area contributed by atoms with Crippen molar-refractivity contribution in [2.24, 2.45) is 5.92 Å². The van der Waals surface area contributed by atoms with Gasteiger partial charge in [-0.15, -0.1) is 0 Å². The number of carboxylic acid groups (broad SMARTS) is 1. The third kappa shape index (κ3) is 9.15. The average molecular weight is 386 g/mol. The van der Waals surface area contributed by atoms with Crippen molar-refractivity contribution in [3.05, 3.63) is 35.4 Å². The predicted octanol–water partition coefficient (Wildman–Crippen LogP) is 3.70. The van der Waals surface area contributed by atoms with Crippen LogP contribution in [0.5, 0.6) is 0 Å². The minimum absolute atomic E-state index is 0.0557. The Hall–Kier alpha value is -1.73. The average Bonchev–Trinajstić information content (AvgIpc) is 2.54. The number of aliphatic hydroxyl groups is 1. The highest BCUT2D eigenvalue weighted by Gasteiger charge is 2.25. The van der Waals surface area contributed by atoms with Crippen molar-refractivity contribution < 1.29 is 23.8 Å². The summed E-state index contributed by atoms with van der Waals surface area (Å²) in [7, 11) is 0. The lowest BCUT2D eigenvalue weighted by Gasteiger charge is -2.30. The number of β-amino-alcohol motifs (C(OH)–C–C–N with tert-alkyl or cyclic N) is 1. The monoisotopic (exact) mass is 386 g/mol. The Morgan fingerprint density at radius 3 is 2.44 bits per heavy atom. The van der Waals surface area contributed by atoms with E-state index in [1.165, 1.54) is 6.07 Å². The van der Waals surface area contributed by atoms with Gasteiger partial charge in [0.2, 0.25) is 0 Å². The molecule has 0 aliphatic carbocycles. The van der Waals surface area contributed by atoms with Crippen molar-refractivity contribution >= 4 is 6.09 Å². The van der Waals surface area contributed by atoms with Crippen molar-refractivity contribution in [2.45, 2.75) is 71.1 Å². The van der Waals surface area contributed by atoms with Crippen LogP contribution in [0.3, 0.4) is 0 Å². The molecule has 5 nitrogen and oxygen atoms in total. The summed E-state index contributed by atoms with van der Waals surface area (Å²) in [6.45, 7) is 8.60. The first-order valence-corrected chi connectivity index (χ1v) is 9.36. The van der Waals surface area contributed by atoms with E-state index in [9.17, 15) is 18.7 Å². The van der Waals surface area contributed by atoms with Crippen LogP contribution in [-0.2, 0) is 6.42 Å². The van der Waals surface area contributed by atoms with E-state index in [0.29, 0.717) is 11.5 Å². The summed E-state index contributed by atoms with van der Waals surface area (Å²) in [5, 5.41) is 25.0. The van der Waals surface area contributed by atoms with Crippen LogP contribution in [0.2, 0.25) is 0 Å². The number of hydrogen-bond donors (Lipinski definition) is 4. The van der Waals surface area contributed by atoms with Crippen LogP contribution in [0.25, 0.3) is 0 Å². The van der Waals surface area contributed by atoms with Crippen LogP contribution >= 0.6 is 0 Å². The standard InChI is InChI=1S/C20H32F2N2O3/c1-13(2)6-5-9-20(3,4)23-12-18(25)17(24-19(26)27)11-14-7-8-15(21)16(22)10-14/h7-8,10,13,17-18,23-25H,5-6,9,11-12H2,1-4H3,(H,26,27)/t17-,18+/m0/s1. The van der Waals surface area contributed by atoms with E-state index in [-0.39, 0.29) is 18.5 Å². The minimum atomic E-state index is -1.28. The number of hydrogen-bond acceptors (Lipinski definition) is 3. The minimum Gasteiger partial charge on any atom is -0.465 e. The van der Waals surface area contributed by atoms with Gasteiger partial charge in [0, 0.05) is 12.1 Å². The molecule has 1 aromatic carbocycles. The Morgan fingerprint density at radius 2 is 1.89 bits per heavy atom. The van der Waals surface area contributed by atoms with E-state index >= 15 is 0 Å². The molecular weight excluding hydrogens is 354 g/mol. The number of aliphatic hydroxyl groups excluding tert-OH is 1. The molecule has 0 unspecified atom stereocenters. The third-order valence-corrected chi connectivity index (χ3v) is 4.59. The molecule has 154 valence electrons. The lowest BCUT2D eigenvalue weighted by Crippen LogP contribution is -2.52. The maximum Gasteiger partial charge on any atom is 0.404 e. The molecule has 0 aromatic heterocycles. The van der Waals surface area contributed by atoms with Crippen molar-refractivity contribution in [3.8, 4) is 0 Å². The Morgan fingerprint density at radius 1 is 1.22 bits per heavy atom. The molecule has 0 bridgehead atoms. The van der Waals surface area contributed by atoms with E-state index in [0.717, 1.165) is 31.4 Å². The molecule has 0 aliphatic rings. The lowest BCUT2D eigenvalue weighted by atomic mass is 9.93. The zero-order valence-electron chi connectivity index (χ0n) is 16.6. The molecule has 4 N–H and O–H groups in total. The summed E-state index contributed by atoms with van der Waals surface area (Å²) in [6.07, 6.45) is 0.862. The number of amides is 1. The summed E-state index contributed by atoms with van der Waals surface area (Å²) < 4.78 is 26.5. The van der Waals surface area contributed by atoms with Gasteiger partial charge in [0.15, 0.2) is 11.6 Å². The van der Waals surface area contributed by atoms with E-state index in [2.05, 4.69) is 24.5 Å². The molecule has 0 saturated carbocycles. The van der Waals surface area contributed by atoms with Crippen LogP contribution in [-0.4, -0.2) is 40.5 Å². The highest BCUT2D eigenvalue weighted by atomic mass is 19.2. The van der Waals surface area contributed by atoms with Gasteiger partial charge in [-0.2, -0.15) is 0 Å². The van der Waals surface area contributed by atoms with Crippen molar-refractivity contribution in [1.29, 1.82) is 0 Å². The van der Waals surface area contributed by atoms with Gasteiger partial charge in [-0.25, -0.2) is 13.6 Å². The number of halogens is 2. The van der Waals surface area contributed by atoms with Gasteiger partial charge in [0.05, 0.1) is 12.1 Å². The molecule has 0 radical (unpaired) electrons.